The van der Waals surface area contributed by atoms with Crippen molar-refractivity contribution >= 4 is 0 Å². The molecular weight excluding hydrogens is 207 g/mol. The van der Waals surface area contributed by atoms with Crippen LogP contribution in [0.15, 0.2) is 18.2 Å². The van der Waals surface area contributed by atoms with Gasteiger partial charge >= 0.3 is 0 Å². The maximum absolute atomic E-state index is 13.1. The number of aliphatic hydroxyl groups is 1. The molecule has 1 atom stereocenters. The minimum absolute atomic E-state index is 0.0304. The molecule has 0 amide bonds. The molecule has 0 radical (unpaired) electrons. The van der Waals surface area contributed by atoms with Gasteiger partial charge in [0.15, 0.2) is 0 Å². The molecule has 0 saturated heterocycles. The zero-order valence-corrected chi connectivity index (χ0v) is 8.17. The number of aryl methyl sites for hydroxylation is 1. The van der Waals surface area contributed by atoms with Crippen LogP contribution < -0.4 is 5.73 Å². The van der Waals surface area contributed by atoms with Crippen molar-refractivity contribution in [3.8, 4) is 0 Å². The Kier molecular flexibility index (Phi) is 3.36. The molecule has 0 fully saturated rings. The molecule has 0 aromatic heterocycles. The first-order valence-electron chi connectivity index (χ1n) is 4.39. The third-order valence-electron chi connectivity index (χ3n) is 2.22. The van der Waals surface area contributed by atoms with Crippen LogP contribution in [0, 0.1) is 12.7 Å². The summed E-state index contributed by atoms with van der Waals surface area (Å²) in [6.07, 6.45) is 0. The lowest BCUT2D eigenvalue weighted by atomic mass is 10.0. The predicted molar refractivity (Wildman–Crippen MR) is 50.1 cm³/mol. The molecule has 3 N–H and O–H groups in total. The van der Waals surface area contributed by atoms with E-state index in [4.69, 9.17) is 10.8 Å². The maximum Gasteiger partial charge on any atom is 0.289 e. The van der Waals surface area contributed by atoms with Crippen molar-refractivity contribution in [1.82, 2.24) is 0 Å². The number of halogens is 3. The molecule has 0 spiro atoms. The van der Waals surface area contributed by atoms with E-state index in [1.54, 1.807) is 0 Å². The summed E-state index contributed by atoms with van der Waals surface area (Å²) in [4.78, 5) is 0. The standard InChI is InChI=1S/C10H12F3NO/c1-6-2-3-7(4-8(6)11)9(14)10(12,13)5-15/h2-4,9,15H,5,14H2,1H3. The van der Waals surface area contributed by atoms with Crippen LogP contribution in [0.2, 0.25) is 0 Å². The fraction of sp³-hybridized carbons (Fsp3) is 0.400. The number of benzene rings is 1. The van der Waals surface area contributed by atoms with Crippen LogP contribution in [-0.2, 0) is 0 Å². The second-order valence-corrected chi connectivity index (χ2v) is 3.41. The highest BCUT2D eigenvalue weighted by molar-refractivity contribution is 5.26. The predicted octanol–water partition coefficient (Wildman–Crippen LogP) is 1.76. The number of hydrogen-bond acceptors (Lipinski definition) is 2. The summed E-state index contributed by atoms with van der Waals surface area (Å²) in [7, 11) is 0. The Hall–Kier alpha value is -1.07. The van der Waals surface area contributed by atoms with Gasteiger partial charge in [-0.25, -0.2) is 13.2 Å². The highest BCUT2D eigenvalue weighted by Gasteiger charge is 2.37. The normalized spacial score (nSPS) is 14.0. The second kappa shape index (κ2) is 4.20. The van der Waals surface area contributed by atoms with E-state index in [1.807, 2.05) is 0 Å². The van der Waals surface area contributed by atoms with Crippen molar-refractivity contribution in [2.75, 3.05) is 6.61 Å². The second-order valence-electron chi connectivity index (χ2n) is 3.41. The average Bonchev–Trinajstić information content (AvgIpc) is 2.21. The quantitative estimate of drug-likeness (QED) is 0.813. The van der Waals surface area contributed by atoms with Crippen LogP contribution in [0.4, 0.5) is 13.2 Å². The van der Waals surface area contributed by atoms with E-state index in [2.05, 4.69) is 0 Å². The van der Waals surface area contributed by atoms with Gasteiger partial charge in [-0.05, 0) is 24.1 Å². The molecular formula is C10H12F3NO. The average molecular weight is 219 g/mol. The Balaban J connectivity index is 3.02. The fourth-order valence-electron chi connectivity index (χ4n) is 1.14. The first-order chi connectivity index (χ1) is 6.88. The van der Waals surface area contributed by atoms with E-state index in [1.165, 1.54) is 19.1 Å². The van der Waals surface area contributed by atoms with Crippen LogP contribution in [-0.4, -0.2) is 17.6 Å². The summed E-state index contributed by atoms with van der Waals surface area (Å²) in [5.41, 5.74) is 5.55. The van der Waals surface area contributed by atoms with E-state index in [-0.39, 0.29) is 5.56 Å². The minimum atomic E-state index is -3.44. The molecule has 0 aliphatic heterocycles. The SMILES string of the molecule is Cc1ccc(C(N)C(F)(F)CO)cc1F. The zero-order chi connectivity index (χ0) is 11.6. The van der Waals surface area contributed by atoms with Crippen molar-refractivity contribution in [1.29, 1.82) is 0 Å². The van der Waals surface area contributed by atoms with E-state index in [0.29, 0.717) is 5.56 Å². The van der Waals surface area contributed by atoms with Crippen LogP contribution >= 0.6 is 0 Å². The lowest BCUT2D eigenvalue weighted by Crippen LogP contribution is -2.36. The molecule has 0 heterocycles. The van der Waals surface area contributed by atoms with Crippen LogP contribution in [0.5, 0.6) is 0 Å². The Morgan fingerprint density at radius 3 is 2.53 bits per heavy atom. The van der Waals surface area contributed by atoms with Gasteiger partial charge in [0.2, 0.25) is 0 Å². The molecule has 1 aromatic rings. The van der Waals surface area contributed by atoms with Crippen molar-refractivity contribution in [2.45, 2.75) is 18.9 Å². The van der Waals surface area contributed by atoms with E-state index < -0.39 is 24.4 Å². The van der Waals surface area contributed by atoms with Gasteiger partial charge in [-0.1, -0.05) is 12.1 Å². The first kappa shape index (κ1) is 12.0. The molecule has 0 aliphatic rings. The number of nitrogens with two attached hydrogens (primary N) is 1. The highest BCUT2D eigenvalue weighted by atomic mass is 19.3. The smallest absolute Gasteiger partial charge is 0.289 e. The van der Waals surface area contributed by atoms with Gasteiger partial charge in [0.25, 0.3) is 5.92 Å². The van der Waals surface area contributed by atoms with Gasteiger partial charge < -0.3 is 10.8 Å². The molecule has 5 heteroatoms. The summed E-state index contributed by atoms with van der Waals surface area (Å²) in [5.74, 6) is -4.03. The highest BCUT2D eigenvalue weighted by Crippen LogP contribution is 2.29. The third-order valence-corrected chi connectivity index (χ3v) is 2.22. The lowest BCUT2D eigenvalue weighted by Gasteiger charge is -2.21. The molecule has 0 bridgehead atoms. The summed E-state index contributed by atoms with van der Waals surface area (Å²) in [6.45, 7) is 0.165. The topological polar surface area (TPSA) is 46.2 Å². The van der Waals surface area contributed by atoms with Crippen LogP contribution in [0.25, 0.3) is 0 Å². The summed E-state index contributed by atoms with van der Waals surface area (Å²) in [6, 6.07) is 1.96. The summed E-state index contributed by atoms with van der Waals surface area (Å²) in [5, 5.41) is 8.43. The van der Waals surface area contributed by atoms with Crippen LogP contribution in [0.1, 0.15) is 17.2 Å². The fourth-order valence-corrected chi connectivity index (χ4v) is 1.14. The maximum atomic E-state index is 13.1. The number of aliphatic hydroxyl groups excluding tert-OH is 1. The molecule has 0 aliphatic carbocycles. The number of alkyl halides is 2. The molecule has 15 heavy (non-hydrogen) atoms. The summed E-state index contributed by atoms with van der Waals surface area (Å²) >= 11 is 0. The largest absolute Gasteiger partial charge is 0.390 e. The van der Waals surface area contributed by atoms with Gasteiger partial charge in [0.05, 0.1) is 6.04 Å². The molecule has 1 aromatic carbocycles. The monoisotopic (exact) mass is 219 g/mol. The molecule has 2 nitrogen and oxygen atoms in total. The molecule has 1 unspecified atom stereocenters. The molecule has 1 rings (SSSR count). The minimum Gasteiger partial charge on any atom is -0.390 e. The lowest BCUT2D eigenvalue weighted by molar-refractivity contribution is -0.0712. The number of hydrogen-bond donors (Lipinski definition) is 2. The van der Waals surface area contributed by atoms with Gasteiger partial charge in [-0.2, -0.15) is 0 Å². The van der Waals surface area contributed by atoms with E-state index in [9.17, 15) is 13.2 Å². The van der Waals surface area contributed by atoms with Gasteiger partial charge in [0.1, 0.15) is 12.4 Å². The van der Waals surface area contributed by atoms with Gasteiger partial charge in [-0.3, -0.25) is 0 Å². The van der Waals surface area contributed by atoms with Gasteiger partial charge in [0, 0.05) is 0 Å². The van der Waals surface area contributed by atoms with E-state index in [0.717, 1.165) is 6.07 Å². The van der Waals surface area contributed by atoms with Crippen molar-refractivity contribution in [2.24, 2.45) is 5.73 Å². The first-order valence-corrected chi connectivity index (χ1v) is 4.39. The molecule has 84 valence electrons. The Morgan fingerprint density at radius 1 is 1.47 bits per heavy atom. The Labute approximate surface area is 85.5 Å². The van der Waals surface area contributed by atoms with Crippen molar-refractivity contribution in [3.05, 3.63) is 35.1 Å². The number of rotatable bonds is 3. The van der Waals surface area contributed by atoms with Crippen LogP contribution in [0.3, 0.4) is 0 Å². The summed E-state index contributed by atoms with van der Waals surface area (Å²) < 4.78 is 39.0. The van der Waals surface area contributed by atoms with E-state index >= 15 is 0 Å². The van der Waals surface area contributed by atoms with Crippen molar-refractivity contribution in [3.63, 3.8) is 0 Å². The molecule has 0 saturated carbocycles. The van der Waals surface area contributed by atoms with Gasteiger partial charge in [-0.15, -0.1) is 0 Å². The third kappa shape index (κ3) is 2.49. The zero-order valence-electron chi connectivity index (χ0n) is 8.17. The Bertz CT molecular complexity index is 355. The Morgan fingerprint density at radius 2 is 2.07 bits per heavy atom. The van der Waals surface area contributed by atoms with Crippen molar-refractivity contribution < 1.29 is 18.3 Å².